The van der Waals surface area contributed by atoms with Crippen molar-refractivity contribution in [2.24, 2.45) is 0 Å². The number of carboxylic acid groups (broad SMARTS) is 1. The fraction of sp³-hybridized carbons (Fsp3) is 0.0714. The summed E-state index contributed by atoms with van der Waals surface area (Å²) < 4.78 is 0. The molecule has 0 aromatic carbocycles. The first-order chi connectivity index (χ1) is 10.1. The first-order valence-corrected chi connectivity index (χ1v) is 6.97. The molecule has 0 radical (unpaired) electrons. The van der Waals surface area contributed by atoms with Gasteiger partial charge >= 0.3 is 5.97 Å². The summed E-state index contributed by atoms with van der Waals surface area (Å²) in [6.07, 6.45) is 3.06. The van der Waals surface area contributed by atoms with Crippen LogP contribution < -0.4 is 0 Å². The molecule has 1 N–H and O–H groups in total. The van der Waals surface area contributed by atoms with Gasteiger partial charge in [-0.1, -0.05) is 0 Å². The van der Waals surface area contributed by atoms with E-state index in [9.17, 15) is 4.79 Å². The normalized spacial score (nSPS) is 10.5. The first kappa shape index (κ1) is 13.3. The molecule has 0 aliphatic carbocycles. The molecule has 3 rings (SSSR count). The van der Waals surface area contributed by atoms with Crippen LogP contribution in [0.4, 0.5) is 0 Å². The Morgan fingerprint density at radius 3 is 2.62 bits per heavy atom. The van der Waals surface area contributed by atoms with E-state index in [1.54, 1.807) is 12.3 Å². The van der Waals surface area contributed by atoms with Gasteiger partial charge in [0.1, 0.15) is 5.69 Å². The summed E-state index contributed by atoms with van der Waals surface area (Å²) in [5, 5.41) is 11.8. The standard InChI is InChI=1S/C14H10N4O2S/c1-8-17-12(7-21-8)13-16-5-3-10(18-13)11-6-9(14(19)20)2-4-15-11/h2-7H,1H3,(H,19,20). The molecule has 0 saturated carbocycles. The number of nitrogens with zero attached hydrogens (tertiary/aromatic N) is 4. The molecule has 0 bridgehead atoms. The number of hydrogen-bond donors (Lipinski definition) is 1. The minimum Gasteiger partial charge on any atom is -0.478 e. The Balaban J connectivity index is 2.03. The van der Waals surface area contributed by atoms with Crippen LogP contribution in [0, 0.1) is 6.92 Å². The van der Waals surface area contributed by atoms with Gasteiger partial charge in [-0.25, -0.2) is 19.7 Å². The Morgan fingerprint density at radius 1 is 1.10 bits per heavy atom. The van der Waals surface area contributed by atoms with Crippen LogP contribution in [0.5, 0.6) is 0 Å². The van der Waals surface area contributed by atoms with E-state index >= 15 is 0 Å². The van der Waals surface area contributed by atoms with E-state index < -0.39 is 5.97 Å². The molecule has 6 nitrogen and oxygen atoms in total. The van der Waals surface area contributed by atoms with Crippen molar-refractivity contribution in [3.05, 3.63) is 46.5 Å². The maximum absolute atomic E-state index is 11.0. The van der Waals surface area contributed by atoms with Gasteiger partial charge in [0.25, 0.3) is 0 Å². The van der Waals surface area contributed by atoms with Crippen LogP contribution in [0.15, 0.2) is 36.0 Å². The predicted molar refractivity (Wildman–Crippen MR) is 78.1 cm³/mol. The van der Waals surface area contributed by atoms with E-state index in [1.165, 1.54) is 29.7 Å². The summed E-state index contributed by atoms with van der Waals surface area (Å²) >= 11 is 1.52. The molecular weight excluding hydrogens is 288 g/mol. The third-order valence-electron chi connectivity index (χ3n) is 2.77. The summed E-state index contributed by atoms with van der Waals surface area (Å²) in [7, 11) is 0. The van der Waals surface area contributed by atoms with Crippen LogP contribution in [0.25, 0.3) is 22.9 Å². The van der Waals surface area contributed by atoms with Gasteiger partial charge < -0.3 is 5.11 Å². The van der Waals surface area contributed by atoms with Crippen molar-refractivity contribution in [3.63, 3.8) is 0 Å². The summed E-state index contributed by atoms with van der Waals surface area (Å²) in [5.41, 5.74) is 1.93. The minimum atomic E-state index is -0.997. The zero-order valence-corrected chi connectivity index (χ0v) is 11.8. The third-order valence-corrected chi connectivity index (χ3v) is 3.55. The molecule has 0 atom stereocenters. The second-order valence-electron chi connectivity index (χ2n) is 4.25. The van der Waals surface area contributed by atoms with Gasteiger partial charge in [0.15, 0.2) is 5.82 Å². The van der Waals surface area contributed by atoms with Gasteiger partial charge in [0.2, 0.25) is 0 Å². The fourth-order valence-electron chi connectivity index (χ4n) is 1.79. The van der Waals surface area contributed by atoms with Crippen molar-refractivity contribution in [2.45, 2.75) is 6.92 Å². The van der Waals surface area contributed by atoms with Gasteiger partial charge in [-0.3, -0.25) is 4.98 Å². The van der Waals surface area contributed by atoms with E-state index in [-0.39, 0.29) is 5.56 Å². The molecule has 0 aliphatic heterocycles. The number of aryl methyl sites for hydroxylation is 1. The molecule has 7 heteroatoms. The molecule has 3 heterocycles. The second kappa shape index (κ2) is 5.37. The highest BCUT2D eigenvalue weighted by Gasteiger charge is 2.10. The van der Waals surface area contributed by atoms with Crippen molar-refractivity contribution in [1.29, 1.82) is 0 Å². The Kier molecular flexibility index (Phi) is 3.41. The topological polar surface area (TPSA) is 88.9 Å². The number of rotatable bonds is 3. The van der Waals surface area contributed by atoms with E-state index in [4.69, 9.17) is 5.11 Å². The molecular formula is C14H10N4O2S. The molecule has 104 valence electrons. The van der Waals surface area contributed by atoms with Crippen molar-refractivity contribution >= 4 is 17.3 Å². The van der Waals surface area contributed by atoms with Crippen LogP contribution >= 0.6 is 11.3 Å². The maximum atomic E-state index is 11.0. The van der Waals surface area contributed by atoms with Gasteiger partial charge in [0.05, 0.1) is 22.0 Å². The van der Waals surface area contributed by atoms with Crippen LogP contribution in [-0.2, 0) is 0 Å². The molecule has 21 heavy (non-hydrogen) atoms. The van der Waals surface area contributed by atoms with Gasteiger partial charge in [0, 0.05) is 17.8 Å². The van der Waals surface area contributed by atoms with Crippen LogP contribution in [0.1, 0.15) is 15.4 Å². The van der Waals surface area contributed by atoms with Crippen molar-refractivity contribution in [1.82, 2.24) is 19.9 Å². The Hall–Kier alpha value is -2.67. The summed E-state index contributed by atoms with van der Waals surface area (Å²) in [6.45, 7) is 1.91. The quantitative estimate of drug-likeness (QED) is 0.799. The lowest BCUT2D eigenvalue weighted by Crippen LogP contribution is -1.99. The Morgan fingerprint density at radius 2 is 1.90 bits per heavy atom. The lowest BCUT2D eigenvalue weighted by Gasteiger charge is -2.02. The molecule has 0 saturated heterocycles. The lowest BCUT2D eigenvalue weighted by molar-refractivity contribution is 0.0697. The van der Waals surface area contributed by atoms with Crippen LogP contribution in [0.2, 0.25) is 0 Å². The minimum absolute atomic E-state index is 0.171. The fourth-order valence-corrected chi connectivity index (χ4v) is 2.39. The number of thiazole rings is 1. The molecule has 3 aromatic rings. The Labute approximate surface area is 124 Å². The van der Waals surface area contributed by atoms with Crippen molar-refractivity contribution < 1.29 is 9.90 Å². The highest BCUT2D eigenvalue weighted by Crippen LogP contribution is 2.21. The maximum Gasteiger partial charge on any atom is 0.335 e. The highest BCUT2D eigenvalue weighted by atomic mass is 32.1. The molecule has 0 fully saturated rings. The SMILES string of the molecule is Cc1nc(-c2nccc(-c3cc(C(=O)O)ccn3)n2)cs1. The lowest BCUT2D eigenvalue weighted by atomic mass is 10.2. The average molecular weight is 298 g/mol. The molecule has 0 amide bonds. The van der Waals surface area contributed by atoms with Crippen molar-refractivity contribution in [3.8, 4) is 22.9 Å². The van der Waals surface area contributed by atoms with E-state index in [0.717, 1.165) is 5.01 Å². The highest BCUT2D eigenvalue weighted by molar-refractivity contribution is 7.09. The van der Waals surface area contributed by atoms with Crippen LogP contribution in [0.3, 0.4) is 0 Å². The van der Waals surface area contributed by atoms with E-state index in [2.05, 4.69) is 19.9 Å². The van der Waals surface area contributed by atoms with E-state index in [0.29, 0.717) is 22.9 Å². The van der Waals surface area contributed by atoms with E-state index in [1.807, 2.05) is 12.3 Å². The molecule has 3 aromatic heterocycles. The predicted octanol–water partition coefficient (Wildman–Crippen LogP) is 2.67. The van der Waals surface area contributed by atoms with Crippen LogP contribution in [-0.4, -0.2) is 31.0 Å². The smallest absolute Gasteiger partial charge is 0.335 e. The first-order valence-electron chi connectivity index (χ1n) is 6.09. The summed E-state index contributed by atoms with van der Waals surface area (Å²) in [4.78, 5) is 28.1. The number of carboxylic acids is 1. The molecule has 0 aliphatic rings. The summed E-state index contributed by atoms with van der Waals surface area (Å²) in [5.74, 6) is -0.498. The number of pyridine rings is 1. The summed E-state index contributed by atoms with van der Waals surface area (Å²) in [6, 6.07) is 4.62. The van der Waals surface area contributed by atoms with Gasteiger partial charge in [-0.2, -0.15) is 0 Å². The molecule has 0 spiro atoms. The largest absolute Gasteiger partial charge is 0.478 e. The number of carbonyl (C=O) groups is 1. The monoisotopic (exact) mass is 298 g/mol. The van der Waals surface area contributed by atoms with Gasteiger partial charge in [-0.15, -0.1) is 11.3 Å². The number of hydrogen-bond acceptors (Lipinski definition) is 6. The number of aromatic carboxylic acids is 1. The zero-order valence-electron chi connectivity index (χ0n) is 11.0. The van der Waals surface area contributed by atoms with Crippen molar-refractivity contribution in [2.75, 3.05) is 0 Å². The Bertz CT molecular complexity index is 816. The zero-order chi connectivity index (χ0) is 14.8. The number of aromatic nitrogens is 4. The average Bonchev–Trinajstić information content (AvgIpc) is 2.94. The second-order valence-corrected chi connectivity index (χ2v) is 5.31. The van der Waals surface area contributed by atoms with Gasteiger partial charge in [-0.05, 0) is 25.1 Å². The molecule has 0 unspecified atom stereocenters. The third kappa shape index (κ3) is 2.77.